The number of aromatic nitrogens is 3. The zero-order valence-electron chi connectivity index (χ0n) is 12.5. The van der Waals surface area contributed by atoms with Crippen molar-refractivity contribution in [1.29, 1.82) is 0 Å². The van der Waals surface area contributed by atoms with Crippen molar-refractivity contribution >= 4 is 0 Å². The van der Waals surface area contributed by atoms with Crippen molar-refractivity contribution < 1.29 is 22.4 Å². The second-order valence-electron chi connectivity index (χ2n) is 5.08. The van der Waals surface area contributed by atoms with Crippen LogP contribution >= 0.6 is 0 Å². The van der Waals surface area contributed by atoms with Gasteiger partial charge in [0.25, 0.3) is 5.89 Å². The molecule has 5 nitrogen and oxygen atoms in total. The second-order valence-corrected chi connectivity index (χ2v) is 5.08. The van der Waals surface area contributed by atoms with E-state index in [1.165, 1.54) is 18.3 Å². The molecule has 0 aliphatic rings. The SMILES string of the molecule is Cc1ccc(-c2nc(-c3ccc(OCC(F)(F)F)nc3)no2)cc1. The summed E-state index contributed by atoms with van der Waals surface area (Å²) in [5.41, 5.74) is 2.39. The molecule has 0 N–H and O–H groups in total. The number of nitrogens with zero attached hydrogens (tertiary/aromatic N) is 3. The van der Waals surface area contributed by atoms with Gasteiger partial charge >= 0.3 is 6.18 Å². The standard InChI is InChI=1S/C16H12F3N3O2/c1-10-2-4-11(5-3-10)15-21-14(22-24-15)12-6-7-13(20-8-12)23-9-16(17,18)19/h2-8H,9H2,1H3. The number of ether oxygens (including phenoxy) is 1. The van der Waals surface area contributed by atoms with Gasteiger partial charge in [0.05, 0.1) is 0 Å². The minimum atomic E-state index is -4.41. The maximum Gasteiger partial charge on any atom is 0.422 e. The number of pyridine rings is 1. The monoisotopic (exact) mass is 335 g/mol. The Morgan fingerprint density at radius 3 is 2.38 bits per heavy atom. The molecular formula is C16H12F3N3O2. The number of halogens is 3. The van der Waals surface area contributed by atoms with Crippen molar-refractivity contribution in [2.45, 2.75) is 13.1 Å². The maximum absolute atomic E-state index is 12.1. The molecule has 3 rings (SSSR count). The van der Waals surface area contributed by atoms with E-state index < -0.39 is 12.8 Å². The van der Waals surface area contributed by atoms with Gasteiger partial charge in [0.15, 0.2) is 6.61 Å². The predicted molar refractivity (Wildman–Crippen MR) is 79.3 cm³/mol. The van der Waals surface area contributed by atoms with Crippen LogP contribution in [0.1, 0.15) is 5.56 Å². The van der Waals surface area contributed by atoms with Crippen LogP contribution in [0.2, 0.25) is 0 Å². The Balaban J connectivity index is 1.74. The fourth-order valence-corrected chi connectivity index (χ4v) is 1.91. The average molecular weight is 335 g/mol. The molecule has 0 spiro atoms. The summed E-state index contributed by atoms with van der Waals surface area (Å²) < 4.78 is 46.0. The molecule has 0 bridgehead atoms. The van der Waals surface area contributed by atoms with Crippen molar-refractivity contribution in [2.75, 3.05) is 6.61 Å². The van der Waals surface area contributed by atoms with Gasteiger partial charge in [0.2, 0.25) is 11.7 Å². The Bertz CT molecular complexity index is 812. The summed E-state index contributed by atoms with van der Waals surface area (Å²) in [5.74, 6) is 0.515. The number of rotatable bonds is 4. The third-order valence-corrected chi connectivity index (χ3v) is 3.10. The van der Waals surface area contributed by atoms with Crippen LogP contribution in [-0.2, 0) is 0 Å². The van der Waals surface area contributed by atoms with E-state index in [9.17, 15) is 13.2 Å². The van der Waals surface area contributed by atoms with Crippen LogP contribution in [0.4, 0.5) is 13.2 Å². The first-order chi connectivity index (χ1) is 11.4. The fraction of sp³-hybridized carbons (Fsp3) is 0.188. The minimum absolute atomic E-state index is 0.127. The molecule has 0 radical (unpaired) electrons. The first-order valence-corrected chi connectivity index (χ1v) is 6.97. The molecule has 3 aromatic rings. The molecule has 0 fully saturated rings. The first kappa shape index (κ1) is 16.0. The summed E-state index contributed by atoms with van der Waals surface area (Å²) in [6, 6.07) is 10.4. The molecule has 0 saturated carbocycles. The zero-order valence-corrected chi connectivity index (χ0v) is 12.5. The lowest BCUT2D eigenvalue weighted by atomic mass is 10.1. The molecule has 0 aliphatic carbocycles. The molecule has 0 unspecified atom stereocenters. The number of aryl methyl sites for hydroxylation is 1. The smallest absolute Gasteiger partial charge is 0.422 e. The van der Waals surface area contributed by atoms with Gasteiger partial charge in [-0.3, -0.25) is 0 Å². The third kappa shape index (κ3) is 3.89. The molecule has 0 amide bonds. The Labute approximate surface area is 135 Å². The third-order valence-electron chi connectivity index (χ3n) is 3.10. The van der Waals surface area contributed by atoms with Crippen LogP contribution in [-0.4, -0.2) is 27.9 Å². The van der Waals surface area contributed by atoms with Gasteiger partial charge in [-0.1, -0.05) is 22.9 Å². The number of alkyl halides is 3. The lowest BCUT2D eigenvalue weighted by Gasteiger charge is -2.07. The highest BCUT2D eigenvalue weighted by Gasteiger charge is 2.28. The van der Waals surface area contributed by atoms with Crippen LogP contribution in [0, 0.1) is 6.92 Å². The van der Waals surface area contributed by atoms with Crippen LogP contribution in [0.5, 0.6) is 5.88 Å². The van der Waals surface area contributed by atoms with Gasteiger partial charge in [-0.15, -0.1) is 0 Å². The van der Waals surface area contributed by atoms with Gasteiger partial charge in [0.1, 0.15) is 0 Å². The summed E-state index contributed by atoms with van der Waals surface area (Å²) in [6.45, 7) is 0.580. The molecule has 0 aliphatic heterocycles. The van der Waals surface area contributed by atoms with Crippen LogP contribution < -0.4 is 4.74 Å². The lowest BCUT2D eigenvalue weighted by Crippen LogP contribution is -2.19. The van der Waals surface area contributed by atoms with Gasteiger partial charge in [0, 0.05) is 23.4 Å². The van der Waals surface area contributed by atoms with Crippen LogP contribution in [0.25, 0.3) is 22.8 Å². The zero-order chi connectivity index (χ0) is 17.2. The summed E-state index contributed by atoms with van der Waals surface area (Å²) in [4.78, 5) is 8.06. The lowest BCUT2D eigenvalue weighted by molar-refractivity contribution is -0.154. The highest BCUT2D eigenvalue weighted by molar-refractivity contribution is 5.59. The average Bonchev–Trinajstić information content (AvgIpc) is 3.03. The number of benzene rings is 1. The van der Waals surface area contributed by atoms with E-state index in [-0.39, 0.29) is 5.88 Å². The van der Waals surface area contributed by atoms with Crippen molar-refractivity contribution in [3.63, 3.8) is 0 Å². The van der Waals surface area contributed by atoms with Crippen LogP contribution in [0.3, 0.4) is 0 Å². The van der Waals surface area contributed by atoms with Gasteiger partial charge in [-0.05, 0) is 25.1 Å². The quantitative estimate of drug-likeness (QED) is 0.720. The predicted octanol–water partition coefficient (Wildman–Crippen LogP) is 4.05. The number of hydrogen-bond donors (Lipinski definition) is 0. The molecule has 124 valence electrons. The van der Waals surface area contributed by atoms with Gasteiger partial charge in [-0.25, -0.2) is 4.98 Å². The molecule has 0 saturated heterocycles. The van der Waals surface area contributed by atoms with E-state index in [1.807, 2.05) is 31.2 Å². The van der Waals surface area contributed by atoms with Gasteiger partial charge < -0.3 is 9.26 Å². The summed E-state index contributed by atoms with van der Waals surface area (Å²) >= 11 is 0. The normalized spacial score (nSPS) is 11.5. The summed E-state index contributed by atoms with van der Waals surface area (Å²) in [6.07, 6.45) is -3.08. The molecule has 24 heavy (non-hydrogen) atoms. The second kappa shape index (κ2) is 6.31. The molecule has 1 aromatic carbocycles. The molecule has 8 heteroatoms. The highest BCUT2D eigenvalue weighted by Crippen LogP contribution is 2.23. The minimum Gasteiger partial charge on any atom is -0.468 e. The first-order valence-electron chi connectivity index (χ1n) is 6.97. The van der Waals surface area contributed by atoms with E-state index in [1.54, 1.807) is 0 Å². The van der Waals surface area contributed by atoms with E-state index >= 15 is 0 Å². The van der Waals surface area contributed by atoms with E-state index in [4.69, 9.17) is 4.52 Å². The Kier molecular flexibility index (Phi) is 4.20. The Morgan fingerprint density at radius 1 is 1.04 bits per heavy atom. The van der Waals surface area contributed by atoms with Crippen LogP contribution in [0.15, 0.2) is 47.1 Å². The van der Waals surface area contributed by atoms with Crippen molar-refractivity contribution in [3.8, 4) is 28.7 Å². The largest absolute Gasteiger partial charge is 0.468 e. The topological polar surface area (TPSA) is 61.0 Å². The van der Waals surface area contributed by atoms with Gasteiger partial charge in [-0.2, -0.15) is 18.2 Å². The Hall–Kier alpha value is -2.90. The Morgan fingerprint density at radius 2 is 1.75 bits per heavy atom. The van der Waals surface area contributed by atoms with Crippen molar-refractivity contribution in [1.82, 2.24) is 15.1 Å². The molecule has 2 heterocycles. The summed E-state index contributed by atoms with van der Waals surface area (Å²) in [7, 11) is 0. The molecule has 2 aromatic heterocycles. The summed E-state index contributed by atoms with van der Waals surface area (Å²) in [5, 5.41) is 3.85. The maximum atomic E-state index is 12.1. The molecular weight excluding hydrogens is 323 g/mol. The highest BCUT2D eigenvalue weighted by atomic mass is 19.4. The van der Waals surface area contributed by atoms with Crippen molar-refractivity contribution in [2.24, 2.45) is 0 Å². The van der Waals surface area contributed by atoms with E-state index in [0.29, 0.717) is 17.3 Å². The van der Waals surface area contributed by atoms with E-state index in [0.717, 1.165) is 11.1 Å². The van der Waals surface area contributed by atoms with Crippen molar-refractivity contribution in [3.05, 3.63) is 48.2 Å². The molecule has 0 atom stereocenters. The van der Waals surface area contributed by atoms with E-state index in [2.05, 4.69) is 19.9 Å². The fourth-order valence-electron chi connectivity index (χ4n) is 1.91. The number of hydrogen-bond acceptors (Lipinski definition) is 5.